The number of benzene rings is 2. The summed E-state index contributed by atoms with van der Waals surface area (Å²) in [6.45, 7) is 4.30. The minimum absolute atomic E-state index is 0.0270. The smallest absolute Gasteiger partial charge is 0.286 e. The molecule has 2 amide bonds. The van der Waals surface area contributed by atoms with Crippen LogP contribution in [0.2, 0.25) is 0 Å². The molecule has 9 nitrogen and oxygen atoms in total. The van der Waals surface area contributed by atoms with E-state index in [0.29, 0.717) is 42.0 Å². The molecule has 2 aromatic rings. The van der Waals surface area contributed by atoms with E-state index in [2.05, 4.69) is 4.99 Å². The van der Waals surface area contributed by atoms with Crippen molar-refractivity contribution >= 4 is 40.5 Å². The Balaban J connectivity index is 1.42. The van der Waals surface area contributed by atoms with E-state index in [1.165, 1.54) is 23.9 Å². The van der Waals surface area contributed by atoms with Gasteiger partial charge in [0.2, 0.25) is 5.91 Å². The Morgan fingerprint density at radius 2 is 1.85 bits per heavy atom. The highest BCUT2D eigenvalue weighted by Gasteiger charge is 2.29. The molecule has 0 N–H and O–H groups in total. The number of nitrogens with zero attached hydrogens (tertiary/aromatic N) is 4. The molecule has 10 heteroatoms. The van der Waals surface area contributed by atoms with E-state index >= 15 is 0 Å². The molecule has 0 saturated carbocycles. The van der Waals surface area contributed by atoms with E-state index in [1.54, 1.807) is 30.0 Å². The van der Waals surface area contributed by atoms with Gasteiger partial charge in [0.15, 0.2) is 5.17 Å². The number of carbonyl (C=O) groups is 2. The Labute approximate surface area is 194 Å². The average molecular weight is 467 g/mol. The van der Waals surface area contributed by atoms with Gasteiger partial charge >= 0.3 is 0 Å². The first-order chi connectivity index (χ1) is 15.9. The molecular weight excluding hydrogens is 444 g/mol. The van der Waals surface area contributed by atoms with Crippen molar-refractivity contribution in [1.29, 1.82) is 0 Å². The molecular formula is C23H22N4O5S. The number of piperazine rings is 1. The molecule has 1 fully saturated rings. The molecule has 0 bridgehead atoms. The number of amides is 2. The second-order valence-corrected chi connectivity index (χ2v) is 8.56. The standard InChI is InChI=1S/C23H22N4O5S/c1-16(28)25-10-12-26(13-11-25)23-24-22(29)21(33-23)14-18-4-2-3-5-20(18)32-15-17-6-8-19(9-7-17)27(30)31/h2-9,14H,10-13,15H2,1H3/b21-14+. The third-order valence-corrected chi connectivity index (χ3v) is 6.40. The molecule has 1 saturated heterocycles. The number of hydrogen-bond donors (Lipinski definition) is 0. The van der Waals surface area contributed by atoms with Crippen LogP contribution < -0.4 is 4.74 Å². The summed E-state index contributed by atoms with van der Waals surface area (Å²) in [7, 11) is 0. The van der Waals surface area contributed by atoms with Crippen LogP contribution in [0.5, 0.6) is 5.75 Å². The molecule has 0 aliphatic carbocycles. The Morgan fingerprint density at radius 3 is 2.52 bits per heavy atom. The Morgan fingerprint density at radius 1 is 1.15 bits per heavy atom. The molecule has 2 heterocycles. The summed E-state index contributed by atoms with van der Waals surface area (Å²) in [5.41, 5.74) is 1.57. The SMILES string of the molecule is CC(=O)N1CCN(C2=NC(=O)/C(=C\c3ccccc3OCc3ccc([N+](=O)[O-])cc3)S2)CC1. The minimum atomic E-state index is -0.443. The number of carbonyl (C=O) groups excluding carboxylic acids is 2. The van der Waals surface area contributed by atoms with Crippen molar-refractivity contribution in [2.24, 2.45) is 4.99 Å². The van der Waals surface area contributed by atoms with Crippen LogP contribution in [0, 0.1) is 10.1 Å². The molecule has 2 aliphatic rings. The number of aliphatic imine (C=N–C) groups is 1. The molecule has 33 heavy (non-hydrogen) atoms. The fourth-order valence-electron chi connectivity index (χ4n) is 3.49. The fraction of sp³-hybridized carbons (Fsp3) is 0.261. The lowest BCUT2D eigenvalue weighted by Crippen LogP contribution is -2.49. The van der Waals surface area contributed by atoms with Gasteiger partial charge in [-0.25, -0.2) is 0 Å². The molecule has 0 radical (unpaired) electrons. The average Bonchev–Trinajstić information content (AvgIpc) is 3.19. The number of thioether (sulfide) groups is 1. The lowest BCUT2D eigenvalue weighted by molar-refractivity contribution is -0.384. The van der Waals surface area contributed by atoms with Crippen LogP contribution >= 0.6 is 11.8 Å². The molecule has 170 valence electrons. The minimum Gasteiger partial charge on any atom is -0.488 e. The van der Waals surface area contributed by atoms with Gasteiger partial charge in [-0.05, 0) is 41.6 Å². The predicted octanol–water partition coefficient (Wildman–Crippen LogP) is 3.31. The normalized spacial score (nSPS) is 17.3. The first-order valence-corrected chi connectivity index (χ1v) is 11.2. The van der Waals surface area contributed by atoms with Gasteiger partial charge in [-0.1, -0.05) is 18.2 Å². The van der Waals surface area contributed by atoms with Gasteiger partial charge in [0.25, 0.3) is 11.6 Å². The highest BCUT2D eigenvalue weighted by atomic mass is 32.2. The summed E-state index contributed by atoms with van der Waals surface area (Å²) >= 11 is 1.32. The van der Waals surface area contributed by atoms with Gasteiger partial charge in [0.1, 0.15) is 12.4 Å². The van der Waals surface area contributed by atoms with Crippen molar-refractivity contribution in [2.75, 3.05) is 26.2 Å². The third kappa shape index (κ3) is 5.40. The van der Waals surface area contributed by atoms with Crippen LogP contribution in [0.15, 0.2) is 58.4 Å². The van der Waals surface area contributed by atoms with E-state index < -0.39 is 4.92 Å². The zero-order chi connectivity index (χ0) is 23.4. The first-order valence-electron chi connectivity index (χ1n) is 10.4. The number of rotatable bonds is 5. The summed E-state index contributed by atoms with van der Waals surface area (Å²) in [6, 6.07) is 13.6. The van der Waals surface area contributed by atoms with E-state index in [4.69, 9.17) is 4.74 Å². The van der Waals surface area contributed by atoms with Gasteiger partial charge in [-0.15, -0.1) is 0 Å². The molecule has 2 aromatic carbocycles. The summed E-state index contributed by atoms with van der Waals surface area (Å²) in [6.07, 6.45) is 1.76. The van der Waals surface area contributed by atoms with E-state index in [1.807, 2.05) is 29.2 Å². The van der Waals surface area contributed by atoms with Crippen LogP contribution in [0.3, 0.4) is 0 Å². The predicted molar refractivity (Wildman–Crippen MR) is 126 cm³/mol. The highest BCUT2D eigenvalue weighted by Crippen LogP contribution is 2.33. The Bertz CT molecular complexity index is 1140. The second kappa shape index (κ2) is 9.86. The Hall–Kier alpha value is -3.66. The van der Waals surface area contributed by atoms with Crippen molar-refractivity contribution < 1.29 is 19.2 Å². The summed E-state index contributed by atoms with van der Waals surface area (Å²) in [5.74, 6) is 0.354. The summed E-state index contributed by atoms with van der Waals surface area (Å²) in [4.78, 5) is 42.9. The van der Waals surface area contributed by atoms with E-state index in [0.717, 1.165) is 11.1 Å². The largest absolute Gasteiger partial charge is 0.488 e. The molecule has 2 aliphatic heterocycles. The van der Waals surface area contributed by atoms with Gasteiger partial charge < -0.3 is 14.5 Å². The maximum atomic E-state index is 12.5. The van der Waals surface area contributed by atoms with Crippen molar-refractivity contribution in [3.05, 3.63) is 74.7 Å². The number of non-ortho nitro benzene ring substituents is 1. The van der Waals surface area contributed by atoms with Crippen LogP contribution in [0.1, 0.15) is 18.1 Å². The summed E-state index contributed by atoms with van der Waals surface area (Å²) in [5, 5.41) is 11.5. The van der Waals surface area contributed by atoms with Crippen LogP contribution in [0.4, 0.5) is 5.69 Å². The number of amidine groups is 1. The highest BCUT2D eigenvalue weighted by molar-refractivity contribution is 8.18. The zero-order valence-electron chi connectivity index (χ0n) is 18.0. The lowest BCUT2D eigenvalue weighted by atomic mass is 10.1. The van der Waals surface area contributed by atoms with Gasteiger partial charge in [0, 0.05) is 50.8 Å². The number of nitro benzene ring substituents is 1. The number of hydrogen-bond acceptors (Lipinski definition) is 7. The summed E-state index contributed by atoms with van der Waals surface area (Å²) < 4.78 is 5.93. The van der Waals surface area contributed by atoms with Crippen molar-refractivity contribution in [1.82, 2.24) is 9.80 Å². The maximum Gasteiger partial charge on any atom is 0.286 e. The van der Waals surface area contributed by atoms with Crippen LogP contribution in [-0.4, -0.2) is 57.9 Å². The number of para-hydroxylation sites is 1. The van der Waals surface area contributed by atoms with Crippen molar-refractivity contribution in [3.63, 3.8) is 0 Å². The molecule has 4 rings (SSSR count). The van der Waals surface area contributed by atoms with Crippen molar-refractivity contribution in [3.8, 4) is 5.75 Å². The van der Waals surface area contributed by atoms with E-state index in [-0.39, 0.29) is 24.1 Å². The monoisotopic (exact) mass is 466 g/mol. The molecule has 0 spiro atoms. The van der Waals surface area contributed by atoms with Gasteiger partial charge in [-0.3, -0.25) is 19.7 Å². The topological polar surface area (TPSA) is 105 Å². The zero-order valence-corrected chi connectivity index (χ0v) is 18.8. The van der Waals surface area contributed by atoms with Crippen LogP contribution in [-0.2, 0) is 16.2 Å². The molecule has 0 aromatic heterocycles. The number of nitro groups is 1. The van der Waals surface area contributed by atoms with Gasteiger partial charge in [0.05, 0.1) is 9.83 Å². The van der Waals surface area contributed by atoms with E-state index in [9.17, 15) is 19.7 Å². The second-order valence-electron chi connectivity index (χ2n) is 7.55. The quantitative estimate of drug-likeness (QED) is 0.378. The van der Waals surface area contributed by atoms with Gasteiger partial charge in [-0.2, -0.15) is 4.99 Å². The molecule has 0 atom stereocenters. The third-order valence-electron chi connectivity index (χ3n) is 5.35. The van der Waals surface area contributed by atoms with Crippen molar-refractivity contribution in [2.45, 2.75) is 13.5 Å². The van der Waals surface area contributed by atoms with Crippen LogP contribution in [0.25, 0.3) is 6.08 Å². The fourth-order valence-corrected chi connectivity index (χ4v) is 4.45. The molecule has 0 unspecified atom stereocenters. The Kier molecular flexibility index (Phi) is 6.74. The first kappa shape index (κ1) is 22.5. The lowest BCUT2D eigenvalue weighted by Gasteiger charge is -2.34. The number of ether oxygens (including phenoxy) is 1. The maximum absolute atomic E-state index is 12.5.